The molecule has 1 aromatic heterocycles. The Labute approximate surface area is 370 Å². The van der Waals surface area contributed by atoms with Gasteiger partial charge in [0.15, 0.2) is 12.3 Å². The van der Waals surface area contributed by atoms with Gasteiger partial charge >= 0.3 is 25.5 Å². The van der Waals surface area contributed by atoms with Crippen molar-refractivity contribution in [1.29, 1.82) is 0 Å². The average Bonchev–Trinajstić information content (AvgIpc) is 3.52. The quantitative estimate of drug-likeness (QED) is 0.0210. The summed E-state index contributed by atoms with van der Waals surface area (Å²) in [6.45, 7) is 2.71. The first kappa shape index (κ1) is 55.5. The molecule has 0 aliphatic carbocycles. The van der Waals surface area contributed by atoms with E-state index in [1.54, 1.807) is 0 Å². The Kier molecular flexibility index (Phi) is 31.1. The third-order valence-electron chi connectivity index (χ3n) is 11.1. The summed E-state index contributed by atoms with van der Waals surface area (Å²) in [5, 5.41) is 21.0. The number of esters is 2. The summed E-state index contributed by atoms with van der Waals surface area (Å²) in [6, 6.07) is 1.03. The molecule has 62 heavy (non-hydrogen) atoms. The molecule has 0 saturated carbocycles. The van der Waals surface area contributed by atoms with Gasteiger partial charge in [0.05, 0.1) is 13.2 Å². The third kappa shape index (κ3) is 26.2. The van der Waals surface area contributed by atoms with Gasteiger partial charge in [-0.1, -0.05) is 154 Å². The molecule has 0 amide bonds. The van der Waals surface area contributed by atoms with E-state index >= 15 is 0 Å². The monoisotopic (exact) mass is 901 g/mol. The van der Waals surface area contributed by atoms with Crippen LogP contribution in [-0.4, -0.2) is 80.8 Å². The van der Waals surface area contributed by atoms with E-state index in [9.17, 15) is 38.8 Å². The number of H-pyrrole nitrogens is 1. The summed E-state index contributed by atoms with van der Waals surface area (Å²) >= 11 is 0. The predicted octanol–water partition coefficient (Wildman–Crippen LogP) is 9.26. The molecular formula is C46H81N2O13P. The molecular weight excluding hydrogens is 819 g/mol. The average molecular weight is 901 g/mol. The Hall–Kier alpha value is -2.65. The summed E-state index contributed by atoms with van der Waals surface area (Å²) in [5.41, 5.74) is -1.57. The lowest BCUT2D eigenvalue weighted by atomic mass is 10.0. The Bertz CT molecular complexity index is 1520. The van der Waals surface area contributed by atoms with Gasteiger partial charge in [-0.2, -0.15) is 0 Å². The van der Waals surface area contributed by atoms with Crippen LogP contribution in [0.4, 0.5) is 0 Å². The van der Waals surface area contributed by atoms with Crippen LogP contribution >= 0.6 is 7.82 Å². The van der Waals surface area contributed by atoms with Crippen LogP contribution in [0.15, 0.2) is 34.0 Å². The highest BCUT2D eigenvalue weighted by Gasteiger charge is 2.45. The molecule has 1 saturated heterocycles. The first-order valence-corrected chi connectivity index (χ1v) is 25.4. The van der Waals surface area contributed by atoms with E-state index < -0.39 is 74.9 Å². The number of carbonyl (C=O) groups excluding carboxylic acids is 2. The maximum atomic E-state index is 12.9. The molecule has 1 aliphatic rings. The van der Waals surface area contributed by atoms with Gasteiger partial charge in [0.2, 0.25) is 0 Å². The van der Waals surface area contributed by atoms with Crippen LogP contribution in [0.5, 0.6) is 0 Å². The number of aliphatic hydroxyl groups excluding tert-OH is 2. The zero-order valence-corrected chi connectivity index (χ0v) is 38.8. The molecule has 0 aromatic carbocycles. The minimum absolute atomic E-state index is 0.119. The van der Waals surface area contributed by atoms with Crippen molar-refractivity contribution < 1.29 is 52.5 Å². The number of nitrogens with one attached hydrogen (secondary N) is 1. The molecule has 0 radical (unpaired) electrons. The van der Waals surface area contributed by atoms with Crippen LogP contribution in [0.1, 0.15) is 200 Å². The number of hydrogen-bond donors (Lipinski definition) is 4. The highest BCUT2D eigenvalue weighted by molar-refractivity contribution is 7.47. The molecule has 1 aliphatic heterocycles. The number of hydrogen-bond acceptors (Lipinski definition) is 12. The van der Waals surface area contributed by atoms with Gasteiger partial charge in [0.1, 0.15) is 24.9 Å². The largest absolute Gasteiger partial charge is 0.472 e. The number of ether oxygens (including phenoxy) is 3. The van der Waals surface area contributed by atoms with Gasteiger partial charge in [-0.3, -0.25) is 33.0 Å². The summed E-state index contributed by atoms with van der Waals surface area (Å²) in [6.07, 6.45) is 28.5. The fourth-order valence-electron chi connectivity index (χ4n) is 7.35. The van der Waals surface area contributed by atoms with Crippen molar-refractivity contribution in [3.05, 3.63) is 45.3 Å². The van der Waals surface area contributed by atoms with Gasteiger partial charge in [-0.05, 0) is 38.5 Å². The van der Waals surface area contributed by atoms with E-state index in [-0.39, 0.29) is 19.4 Å². The second-order valence-corrected chi connectivity index (χ2v) is 18.2. The molecule has 1 aromatic rings. The standard InChI is InChI=1S/C46H81N2O13P/c1-3-5-7-9-11-13-15-17-18-20-22-24-26-28-30-32-42(51)60-38(35-57-41(50)31-29-27-25-23-21-19-16-14-12-10-8-6-4-2)36-58-62(55,56)59-37-39-43(52)44(53)45(61-39)48-34-33-40(49)47-46(48)54/h17-18,33-34,38-39,43-45,52-53H,3-16,19-32,35-37H2,1-2H3,(H,55,56)(H,47,49,54)/b18-17-/t38-,39-,43-,44-,45-/m1/s1. The number of allylic oxidation sites excluding steroid dienone is 2. The van der Waals surface area contributed by atoms with Crippen molar-refractivity contribution in [2.75, 3.05) is 19.8 Å². The van der Waals surface area contributed by atoms with E-state index in [0.29, 0.717) is 12.8 Å². The highest BCUT2D eigenvalue weighted by Crippen LogP contribution is 2.44. The normalized spacial score (nSPS) is 19.2. The number of carbonyl (C=O) groups is 2. The number of phosphoric acid groups is 1. The predicted molar refractivity (Wildman–Crippen MR) is 240 cm³/mol. The van der Waals surface area contributed by atoms with E-state index in [1.807, 2.05) is 4.98 Å². The van der Waals surface area contributed by atoms with E-state index in [4.69, 9.17) is 23.3 Å². The van der Waals surface area contributed by atoms with E-state index in [1.165, 1.54) is 96.3 Å². The summed E-state index contributed by atoms with van der Waals surface area (Å²) in [4.78, 5) is 61.5. The maximum absolute atomic E-state index is 12.9. The Morgan fingerprint density at radius 2 is 1.19 bits per heavy atom. The first-order chi connectivity index (χ1) is 30.0. The summed E-state index contributed by atoms with van der Waals surface area (Å²) in [5.74, 6) is -1.03. The molecule has 6 atom stereocenters. The molecule has 15 nitrogen and oxygen atoms in total. The smallest absolute Gasteiger partial charge is 0.462 e. The number of unbranched alkanes of at least 4 members (excludes halogenated alkanes) is 23. The highest BCUT2D eigenvalue weighted by atomic mass is 31.2. The van der Waals surface area contributed by atoms with Crippen LogP contribution < -0.4 is 11.2 Å². The second-order valence-electron chi connectivity index (χ2n) is 16.7. The number of aliphatic hydroxyl groups is 2. The SMILES string of the molecule is CCCCCCCC/C=C\CCCCCCCC(=O)O[C@H](COC(=O)CCCCCCCCCCCCCCC)COP(=O)(O)OC[C@H]1O[C@@H](n2ccc(=O)[nH]c2=O)[C@H](O)[C@@H]1O. The molecule has 0 bridgehead atoms. The van der Waals surface area contributed by atoms with Crippen molar-refractivity contribution in [1.82, 2.24) is 9.55 Å². The number of phosphoric ester groups is 1. The van der Waals surface area contributed by atoms with Gasteiger partial charge in [0, 0.05) is 25.1 Å². The molecule has 1 unspecified atom stereocenters. The Morgan fingerprint density at radius 1 is 0.710 bits per heavy atom. The number of aromatic amines is 1. The lowest BCUT2D eigenvalue weighted by molar-refractivity contribution is -0.161. The number of nitrogens with zero attached hydrogens (tertiary/aromatic N) is 1. The van der Waals surface area contributed by atoms with Gasteiger partial charge in [-0.15, -0.1) is 0 Å². The maximum Gasteiger partial charge on any atom is 0.472 e. The van der Waals surface area contributed by atoms with Crippen LogP contribution in [0.3, 0.4) is 0 Å². The van der Waals surface area contributed by atoms with Crippen molar-refractivity contribution >= 4 is 19.8 Å². The fraction of sp³-hybridized carbons (Fsp3) is 0.826. The second kappa shape index (κ2) is 34.7. The van der Waals surface area contributed by atoms with Crippen LogP contribution in [0.25, 0.3) is 0 Å². The van der Waals surface area contributed by atoms with Crippen LogP contribution in [0.2, 0.25) is 0 Å². The van der Waals surface area contributed by atoms with Crippen LogP contribution in [0, 0.1) is 0 Å². The molecule has 2 heterocycles. The van der Waals surface area contributed by atoms with E-state index in [0.717, 1.165) is 74.6 Å². The minimum Gasteiger partial charge on any atom is -0.462 e. The lowest BCUT2D eigenvalue weighted by Gasteiger charge is -2.21. The lowest BCUT2D eigenvalue weighted by Crippen LogP contribution is -2.37. The summed E-state index contributed by atoms with van der Waals surface area (Å²) < 4.78 is 40.4. The molecule has 16 heteroatoms. The summed E-state index contributed by atoms with van der Waals surface area (Å²) in [7, 11) is -4.87. The topological polar surface area (TPSA) is 213 Å². The van der Waals surface area contributed by atoms with Crippen molar-refractivity contribution in [3.8, 4) is 0 Å². The molecule has 0 spiro atoms. The van der Waals surface area contributed by atoms with Crippen LogP contribution in [-0.2, 0) is 37.4 Å². The van der Waals surface area contributed by atoms with Crippen molar-refractivity contribution in [2.45, 2.75) is 224 Å². The van der Waals surface area contributed by atoms with Gasteiger partial charge in [-0.25, -0.2) is 9.36 Å². The van der Waals surface area contributed by atoms with Gasteiger partial charge in [0.25, 0.3) is 5.56 Å². The minimum atomic E-state index is -4.87. The van der Waals surface area contributed by atoms with Gasteiger partial charge < -0.3 is 29.3 Å². The van der Waals surface area contributed by atoms with Crippen molar-refractivity contribution in [2.24, 2.45) is 0 Å². The molecule has 4 N–H and O–H groups in total. The molecule has 358 valence electrons. The Morgan fingerprint density at radius 3 is 1.71 bits per heavy atom. The zero-order valence-electron chi connectivity index (χ0n) is 37.9. The number of aromatic nitrogens is 2. The molecule has 1 fully saturated rings. The fourth-order valence-corrected chi connectivity index (χ4v) is 8.12. The van der Waals surface area contributed by atoms with Crippen molar-refractivity contribution in [3.63, 3.8) is 0 Å². The van der Waals surface area contributed by atoms with E-state index in [2.05, 4.69) is 26.0 Å². The zero-order chi connectivity index (χ0) is 45.3. The number of rotatable bonds is 39. The Balaban J connectivity index is 1.77. The first-order valence-electron chi connectivity index (χ1n) is 23.9. The third-order valence-corrected chi connectivity index (χ3v) is 12.1. The molecule has 2 rings (SSSR count).